The van der Waals surface area contributed by atoms with Gasteiger partial charge in [-0.1, -0.05) is 35.2 Å². The number of phenols is 1. The van der Waals surface area contributed by atoms with Gasteiger partial charge in [0.1, 0.15) is 5.82 Å². The Bertz CT molecular complexity index is 1270. The number of hydrogen-bond donors (Lipinski definition) is 1. The van der Waals surface area contributed by atoms with Crippen LogP contribution in [-0.2, 0) is 0 Å². The van der Waals surface area contributed by atoms with Gasteiger partial charge >= 0.3 is 5.69 Å². The van der Waals surface area contributed by atoms with Gasteiger partial charge in [0.25, 0.3) is 5.56 Å². The van der Waals surface area contributed by atoms with Crippen molar-refractivity contribution < 1.29 is 10.0 Å². The molecule has 8 nitrogen and oxygen atoms in total. The Balaban J connectivity index is 1.87. The molecule has 0 spiro atoms. The number of hydrogen-bond acceptors (Lipinski definition) is 6. The Hall–Kier alpha value is -2.59. The summed E-state index contributed by atoms with van der Waals surface area (Å²) in [5.74, 6) is 0.259. The van der Waals surface area contributed by atoms with E-state index < -0.39 is 16.4 Å². The zero-order valence-electron chi connectivity index (χ0n) is 16.3. The summed E-state index contributed by atoms with van der Waals surface area (Å²) in [6, 6.07) is 8.08. The quantitative estimate of drug-likeness (QED) is 0.264. The Kier molecular flexibility index (Phi) is 6.19. The lowest BCUT2D eigenvalue weighted by atomic mass is 9.88. The fraction of sp³-hybridized carbons (Fsp3) is 0.286. The third-order valence-corrected chi connectivity index (χ3v) is 6.49. The summed E-state index contributed by atoms with van der Waals surface area (Å²) < 4.78 is 2.23. The summed E-state index contributed by atoms with van der Waals surface area (Å²) in [6.07, 6.45) is 6.53. The minimum atomic E-state index is -0.674. The first-order valence-corrected chi connectivity index (χ1v) is 11.4. The highest BCUT2D eigenvalue weighted by atomic mass is 79.9. The molecule has 0 aliphatic heterocycles. The molecule has 1 heterocycles. The molecule has 10 heteroatoms. The second-order valence-electron chi connectivity index (χ2n) is 7.46. The molecule has 1 aliphatic rings. The summed E-state index contributed by atoms with van der Waals surface area (Å²) in [5.41, 5.74) is 0.238. The van der Waals surface area contributed by atoms with Crippen LogP contribution in [0, 0.1) is 10.1 Å². The lowest BCUT2D eigenvalue weighted by Crippen LogP contribution is -2.25. The molecule has 1 saturated carbocycles. The molecule has 0 radical (unpaired) electrons. The highest BCUT2D eigenvalue weighted by Gasteiger charge is 2.23. The van der Waals surface area contributed by atoms with Crippen LogP contribution in [0.4, 0.5) is 5.69 Å². The Labute approximate surface area is 194 Å². The van der Waals surface area contributed by atoms with Gasteiger partial charge in [-0.05, 0) is 53.0 Å². The summed E-state index contributed by atoms with van der Waals surface area (Å²) in [5, 5.41) is 25.9. The number of phenolic OH excluding ortho intramolecular Hbond substituents is 1. The normalized spacial score (nSPS) is 15.0. The van der Waals surface area contributed by atoms with E-state index in [2.05, 4.69) is 37.0 Å². The number of halogens is 2. The largest absolute Gasteiger partial charge is 0.501 e. The first kappa shape index (κ1) is 21.6. The lowest BCUT2D eigenvalue weighted by Gasteiger charge is -2.22. The molecule has 1 N–H and O–H groups in total. The predicted octanol–water partition coefficient (Wildman–Crippen LogP) is 5.47. The number of rotatable bonds is 4. The van der Waals surface area contributed by atoms with Crippen LogP contribution >= 0.6 is 31.9 Å². The molecule has 1 aliphatic carbocycles. The van der Waals surface area contributed by atoms with Gasteiger partial charge in [0.15, 0.2) is 0 Å². The number of nitro benzene ring substituents is 1. The van der Waals surface area contributed by atoms with E-state index in [1.165, 1.54) is 23.0 Å². The monoisotopic (exact) mass is 548 g/mol. The summed E-state index contributed by atoms with van der Waals surface area (Å²) >= 11 is 6.51. The summed E-state index contributed by atoms with van der Waals surface area (Å²) in [6.45, 7) is 0. The second kappa shape index (κ2) is 8.88. The molecule has 3 aromatic rings. The Morgan fingerprint density at radius 1 is 1.19 bits per heavy atom. The Morgan fingerprint density at radius 3 is 2.65 bits per heavy atom. The number of nitro groups is 1. The lowest BCUT2D eigenvalue weighted by molar-refractivity contribution is -0.386. The zero-order valence-corrected chi connectivity index (χ0v) is 19.5. The zero-order chi connectivity index (χ0) is 22.1. The summed E-state index contributed by atoms with van der Waals surface area (Å²) in [7, 11) is 0. The Morgan fingerprint density at radius 2 is 1.94 bits per heavy atom. The average Bonchev–Trinajstić information content (AvgIpc) is 2.76. The minimum Gasteiger partial charge on any atom is -0.501 e. The van der Waals surface area contributed by atoms with Gasteiger partial charge in [-0.25, -0.2) is 4.98 Å². The van der Waals surface area contributed by atoms with Crippen LogP contribution < -0.4 is 5.56 Å². The van der Waals surface area contributed by atoms with Gasteiger partial charge in [-0.3, -0.25) is 14.9 Å². The van der Waals surface area contributed by atoms with Crippen LogP contribution in [0.15, 0.2) is 49.2 Å². The molecular weight excluding hydrogens is 532 g/mol. The third kappa shape index (κ3) is 4.40. The number of benzene rings is 2. The van der Waals surface area contributed by atoms with Crippen molar-refractivity contribution >= 4 is 54.7 Å². The molecule has 0 saturated heterocycles. The number of nitrogens with zero attached hydrogens (tertiary/aromatic N) is 4. The van der Waals surface area contributed by atoms with Crippen LogP contribution in [0.5, 0.6) is 5.75 Å². The van der Waals surface area contributed by atoms with Crippen LogP contribution in [0.3, 0.4) is 0 Å². The van der Waals surface area contributed by atoms with Gasteiger partial charge in [0.2, 0.25) is 5.75 Å². The van der Waals surface area contributed by atoms with Gasteiger partial charge in [-0.15, -0.1) is 0 Å². The van der Waals surface area contributed by atoms with E-state index in [9.17, 15) is 20.0 Å². The SMILES string of the molecule is O=c1c2cc(Br)ccc2nc(C2CCCCC2)n1N=Cc1cc(Br)c(O)c([N+](=O)[O-])c1. The maximum atomic E-state index is 13.3. The second-order valence-corrected chi connectivity index (χ2v) is 9.23. The van der Waals surface area contributed by atoms with Gasteiger partial charge < -0.3 is 5.11 Å². The fourth-order valence-electron chi connectivity index (χ4n) is 3.85. The van der Waals surface area contributed by atoms with Gasteiger partial charge in [0, 0.05) is 22.0 Å². The maximum absolute atomic E-state index is 13.3. The average molecular weight is 550 g/mol. The topological polar surface area (TPSA) is 111 Å². The molecule has 2 aromatic carbocycles. The standard InChI is InChI=1S/C21H18Br2N4O4/c22-14-6-7-17-15(10-14)21(29)26(20(25-17)13-4-2-1-3-5-13)24-11-12-8-16(23)19(28)18(9-12)27(30)31/h6-11,13,28H,1-5H2. The molecule has 4 rings (SSSR count). The predicted molar refractivity (Wildman–Crippen MR) is 125 cm³/mol. The highest BCUT2D eigenvalue weighted by Crippen LogP contribution is 2.35. The van der Waals surface area contributed by atoms with Crippen LogP contribution in [0.1, 0.15) is 49.4 Å². The van der Waals surface area contributed by atoms with E-state index in [1.807, 2.05) is 12.1 Å². The molecule has 0 amide bonds. The van der Waals surface area contributed by atoms with E-state index in [4.69, 9.17) is 4.98 Å². The van der Waals surface area contributed by atoms with Gasteiger partial charge in [-0.2, -0.15) is 9.78 Å². The third-order valence-electron chi connectivity index (χ3n) is 5.39. The molecular formula is C21H18Br2N4O4. The van der Waals surface area contributed by atoms with Crippen molar-refractivity contribution in [1.29, 1.82) is 0 Å². The molecule has 1 aromatic heterocycles. The summed E-state index contributed by atoms with van der Waals surface area (Å²) in [4.78, 5) is 28.6. The highest BCUT2D eigenvalue weighted by molar-refractivity contribution is 9.10. The molecule has 0 bridgehead atoms. The van der Waals surface area contributed by atoms with Crippen molar-refractivity contribution in [3.8, 4) is 5.75 Å². The van der Waals surface area contributed by atoms with E-state index in [1.54, 1.807) is 6.07 Å². The van der Waals surface area contributed by atoms with Crippen molar-refractivity contribution in [3.63, 3.8) is 0 Å². The first-order valence-electron chi connectivity index (χ1n) is 9.78. The number of aromatic hydroxyl groups is 1. The van der Waals surface area contributed by atoms with Crippen molar-refractivity contribution in [2.75, 3.05) is 0 Å². The number of aromatic nitrogens is 2. The smallest absolute Gasteiger partial charge is 0.312 e. The molecule has 160 valence electrons. The van der Waals surface area contributed by atoms with Gasteiger partial charge in [0.05, 0.1) is 26.5 Å². The van der Waals surface area contributed by atoms with Crippen LogP contribution in [-0.4, -0.2) is 25.9 Å². The fourth-order valence-corrected chi connectivity index (χ4v) is 4.67. The molecule has 1 fully saturated rings. The van der Waals surface area contributed by atoms with E-state index in [0.717, 1.165) is 36.6 Å². The molecule has 31 heavy (non-hydrogen) atoms. The minimum absolute atomic E-state index is 0.118. The first-order chi connectivity index (χ1) is 14.8. The molecule has 0 unspecified atom stereocenters. The van der Waals surface area contributed by atoms with E-state index in [-0.39, 0.29) is 15.9 Å². The van der Waals surface area contributed by atoms with Crippen LogP contribution in [0.2, 0.25) is 0 Å². The maximum Gasteiger partial charge on any atom is 0.312 e. The van der Waals surface area contributed by atoms with E-state index in [0.29, 0.717) is 22.3 Å². The van der Waals surface area contributed by atoms with Crippen molar-refractivity contribution in [1.82, 2.24) is 9.66 Å². The number of fused-ring (bicyclic) bond motifs is 1. The van der Waals surface area contributed by atoms with Crippen molar-refractivity contribution in [2.24, 2.45) is 5.10 Å². The van der Waals surface area contributed by atoms with Crippen LogP contribution in [0.25, 0.3) is 10.9 Å². The van der Waals surface area contributed by atoms with Crippen molar-refractivity contribution in [2.45, 2.75) is 38.0 Å². The van der Waals surface area contributed by atoms with Crippen molar-refractivity contribution in [3.05, 3.63) is 71.1 Å². The molecule has 0 atom stereocenters. The van der Waals surface area contributed by atoms with E-state index >= 15 is 0 Å².